The molecule has 0 fully saturated rings. The number of halogens is 1. The number of nitro groups is 1. The molecule has 0 spiro atoms. The zero-order valence-corrected chi connectivity index (χ0v) is 9.94. The van der Waals surface area contributed by atoms with Gasteiger partial charge in [-0.3, -0.25) is 14.9 Å². The van der Waals surface area contributed by atoms with Gasteiger partial charge < -0.3 is 10.4 Å². The van der Waals surface area contributed by atoms with Gasteiger partial charge in [0, 0.05) is 11.6 Å². The van der Waals surface area contributed by atoms with Crippen molar-refractivity contribution in [2.24, 2.45) is 0 Å². The van der Waals surface area contributed by atoms with Crippen LogP contribution in [0.25, 0.3) is 0 Å². The maximum Gasteiger partial charge on any atom is 0.273 e. The van der Waals surface area contributed by atoms with E-state index in [9.17, 15) is 19.3 Å². The van der Waals surface area contributed by atoms with Crippen LogP contribution in [0.4, 0.5) is 10.1 Å². The minimum absolute atomic E-state index is 0.164. The lowest BCUT2D eigenvalue weighted by Crippen LogP contribution is -2.46. The lowest BCUT2D eigenvalue weighted by atomic mass is 10.1. The van der Waals surface area contributed by atoms with Gasteiger partial charge >= 0.3 is 0 Å². The highest BCUT2D eigenvalue weighted by Crippen LogP contribution is 2.17. The molecule has 0 aromatic heterocycles. The van der Waals surface area contributed by atoms with Crippen molar-refractivity contribution in [1.82, 2.24) is 5.32 Å². The SMILES string of the molecule is CC(C)(CO)NC(=O)c1cc(F)cc([N+](=O)[O-])c1. The van der Waals surface area contributed by atoms with Crippen LogP contribution in [0.3, 0.4) is 0 Å². The van der Waals surface area contributed by atoms with E-state index in [1.165, 1.54) is 0 Å². The second-order valence-electron chi connectivity index (χ2n) is 4.45. The van der Waals surface area contributed by atoms with Crippen molar-refractivity contribution in [3.8, 4) is 0 Å². The minimum Gasteiger partial charge on any atom is -0.394 e. The zero-order chi connectivity index (χ0) is 13.9. The number of carbonyl (C=O) groups excluding carboxylic acids is 1. The Morgan fingerprint density at radius 2 is 2.11 bits per heavy atom. The third-order valence-corrected chi connectivity index (χ3v) is 2.20. The van der Waals surface area contributed by atoms with E-state index in [1.54, 1.807) is 13.8 Å². The number of nitrogens with one attached hydrogen (secondary N) is 1. The molecule has 0 aliphatic carbocycles. The summed E-state index contributed by atoms with van der Waals surface area (Å²) in [6, 6.07) is 2.61. The lowest BCUT2D eigenvalue weighted by molar-refractivity contribution is -0.385. The van der Waals surface area contributed by atoms with Crippen molar-refractivity contribution in [2.75, 3.05) is 6.61 Å². The standard InChI is InChI=1S/C11H13FN2O4/c1-11(2,6-15)13-10(16)7-3-8(12)5-9(4-7)14(17)18/h3-5,15H,6H2,1-2H3,(H,13,16). The van der Waals surface area contributed by atoms with Gasteiger partial charge in [0.15, 0.2) is 0 Å². The highest BCUT2D eigenvalue weighted by molar-refractivity contribution is 5.95. The highest BCUT2D eigenvalue weighted by Gasteiger charge is 2.22. The summed E-state index contributed by atoms with van der Waals surface area (Å²) in [6.45, 7) is 2.83. The first kappa shape index (κ1) is 14.0. The van der Waals surface area contributed by atoms with Crippen LogP contribution in [0.1, 0.15) is 24.2 Å². The molecule has 0 atom stereocenters. The first-order valence-corrected chi connectivity index (χ1v) is 5.13. The third kappa shape index (κ3) is 3.49. The summed E-state index contributed by atoms with van der Waals surface area (Å²) in [6.07, 6.45) is 0. The number of carbonyl (C=O) groups is 1. The number of aliphatic hydroxyl groups excluding tert-OH is 1. The van der Waals surface area contributed by atoms with Crippen LogP contribution in [0.5, 0.6) is 0 Å². The average molecular weight is 256 g/mol. The van der Waals surface area contributed by atoms with Crippen LogP contribution in [-0.2, 0) is 0 Å². The first-order valence-electron chi connectivity index (χ1n) is 5.13. The Balaban J connectivity index is 3.03. The molecular weight excluding hydrogens is 243 g/mol. The van der Waals surface area contributed by atoms with Gasteiger partial charge in [-0.15, -0.1) is 0 Å². The Morgan fingerprint density at radius 1 is 1.50 bits per heavy atom. The van der Waals surface area contributed by atoms with E-state index in [-0.39, 0.29) is 12.2 Å². The number of amides is 1. The molecule has 0 bridgehead atoms. The molecule has 2 N–H and O–H groups in total. The van der Waals surface area contributed by atoms with Crippen molar-refractivity contribution in [3.05, 3.63) is 39.7 Å². The highest BCUT2D eigenvalue weighted by atomic mass is 19.1. The van der Waals surface area contributed by atoms with Crippen LogP contribution in [0.2, 0.25) is 0 Å². The van der Waals surface area contributed by atoms with Crippen molar-refractivity contribution >= 4 is 11.6 Å². The largest absolute Gasteiger partial charge is 0.394 e. The van der Waals surface area contributed by atoms with E-state index in [0.717, 1.165) is 18.2 Å². The van der Waals surface area contributed by atoms with Gasteiger partial charge in [-0.1, -0.05) is 0 Å². The topological polar surface area (TPSA) is 92.5 Å². The number of hydrogen-bond donors (Lipinski definition) is 2. The lowest BCUT2D eigenvalue weighted by Gasteiger charge is -2.23. The van der Waals surface area contributed by atoms with Crippen molar-refractivity contribution in [3.63, 3.8) is 0 Å². The molecule has 0 heterocycles. The number of non-ortho nitro benzene ring substituents is 1. The van der Waals surface area contributed by atoms with Gasteiger partial charge in [-0.05, 0) is 19.9 Å². The number of hydrogen-bond acceptors (Lipinski definition) is 4. The summed E-state index contributed by atoms with van der Waals surface area (Å²) >= 11 is 0. The van der Waals surface area contributed by atoms with Gasteiger partial charge in [-0.25, -0.2) is 4.39 Å². The predicted molar refractivity (Wildman–Crippen MR) is 61.7 cm³/mol. The maximum absolute atomic E-state index is 13.1. The van der Waals surface area contributed by atoms with Crippen molar-refractivity contribution in [2.45, 2.75) is 19.4 Å². The number of benzene rings is 1. The summed E-state index contributed by atoms with van der Waals surface area (Å²) in [7, 11) is 0. The molecule has 1 aromatic rings. The molecule has 98 valence electrons. The smallest absolute Gasteiger partial charge is 0.273 e. The fourth-order valence-electron chi connectivity index (χ4n) is 1.23. The zero-order valence-electron chi connectivity index (χ0n) is 9.94. The van der Waals surface area contributed by atoms with Crippen LogP contribution < -0.4 is 5.32 Å². The molecule has 0 aliphatic rings. The molecule has 1 amide bonds. The molecule has 0 aliphatic heterocycles. The van der Waals surface area contributed by atoms with E-state index < -0.39 is 27.9 Å². The average Bonchev–Trinajstić information content (AvgIpc) is 2.27. The molecule has 0 saturated heterocycles. The summed E-state index contributed by atoms with van der Waals surface area (Å²) in [5.41, 5.74) is -1.55. The Labute approximate surface area is 103 Å². The second-order valence-corrected chi connectivity index (χ2v) is 4.45. The summed E-state index contributed by atoms with van der Waals surface area (Å²) in [5, 5.41) is 22.0. The Kier molecular flexibility index (Phi) is 3.97. The number of nitro benzene ring substituents is 1. The molecule has 18 heavy (non-hydrogen) atoms. The second kappa shape index (κ2) is 5.09. The minimum atomic E-state index is -0.891. The quantitative estimate of drug-likeness (QED) is 0.626. The van der Waals surface area contributed by atoms with Gasteiger partial charge in [0.1, 0.15) is 5.82 Å². The van der Waals surface area contributed by atoms with Crippen LogP contribution in [-0.4, -0.2) is 28.1 Å². The molecule has 7 heteroatoms. The Bertz CT molecular complexity index is 488. The fraction of sp³-hybridized carbons (Fsp3) is 0.364. The molecular formula is C11H13FN2O4. The summed E-state index contributed by atoms with van der Waals surface area (Å²) in [4.78, 5) is 21.5. The van der Waals surface area contributed by atoms with E-state index in [0.29, 0.717) is 0 Å². The summed E-state index contributed by atoms with van der Waals surface area (Å²) in [5.74, 6) is -1.55. The van der Waals surface area contributed by atoms with E-state index in [4.69, 9.17) is 5.11 Å². The number of rotatable bonds is 4. The van der Waals surface area contributed by atoms with Gasteiger partial charge in [-0.2, -0.15) is 0 Å². The Hall–Kier alpha value is -2.02. The van der Waals surface area contributed by atoms with Crippen molar-refractivity contribution in [1.29, 1.82) is 0 Å². The summed E-state index contributed by atoms with van der Waals surface area (Å²) < 4.78 is 13.1. The molecule has 1 aromatic carbocycles. The van der Waals surface area contributed by atoms with Crippen molar-refractivity contribution < 1.29 is 19.2 Å². The van der Waals surface area contributed by atoms with Crippen LogP contribution in [0.15, 0.2) is 18.2 Å². The van der Waals surface area contributed by atoms with Crippen LogP contribution >= 0.6 is 0 Å². The third-order valence-electron chi connectivity index (χ3n) is 2.20. The van der Waals surface area contributed by atoms with E-state index >= 15 is 0 Å². The molecule has 0 unspecified atom stereocenters. The Morgan fingerprint density at radius 3 is 2.61 bits per heavy atom. The number of aliphatic hydroxyl groups is 1. The van der Waals surface area contributed by atoms with Crippen LogP contribution in [0, 0.1) is 15.9 Å². The van der Waals surface area contributed by atoms with E-state index in [1.807, 2.05) is 0 Å². The molecule has 0 radical (unpaired) electrons. The van der Waals surface area contributed by atoms with Gasteiger partial charge in [0.2, 0.25) is 0 Å². The number of nitrogens with zero attached hydrogens (tertiary/aromatic N) is 1. The molecule has 6 nitrogen and oxygen atoms in total. The maximum atomic E-state index is 13.1. The van der Waals surface area contributed by atoms with Gasteiger partial charge in [0.05, 0.1) is 23.1 Å². The molecule has 1 rings (SSSR count). The van der Waals surface area contributed by atoms with E-state index in [2.05, 4.69) is 5.32 Å². The monoisotopic (exact) mass is 256 g/mol. The van der Waals surface area contributed by atoms with Gasteiger partial charge in [0.25, 0.3) is 11.6 Å². The predicted octanol–water partition coefficient (Wildman–Crippen LogP) is 1.23. The fourth-order valence-corrected chi connectivity index (χ4v) is 1.23. The first-order chi connectivity index (χ1) is 8.25. The normalized spacial score (nSPS) is 11.1. The molecule has 0 saturated carbocycles.